The number of nitrogens with zero attached hydrogens (tertiary/aromatic N) is 1. The van der Waals surface area contributed by atoms with Crippen LogP contribution < -0.4 is 0 Å². The average molecular weight is 263 g/mol. The maximum Gasteiger partial charge on any atom is 0.0237 e. The Hall–Kier alpha value is -1.86. The number of benzene rings is 2. The molecule has 1 nitrogen and oxygen atoms in total. The fourth-order valence-electron chi connectivity index (χ4n) is 2.90. The smallest absolute Gasteiger partial charge is 0.0237 e. The summed E-state index contributed by atoms with van der Waals surface area (Å²) in [7, 11) is 0. The Morgan fingerprint density at radius 2 is 1.65 bits per heavy atom. The number of likely N-dealkylation sites (tertiary alicyclic amines) is 1. The Morgan fingerprint density at radius 1 is 1.00 bits per heavy atom. The Bertz CT molecular complexity index is 571. The van der Waals surface area contributed by atoms with E-state index >= 15 is 0 Å². The zero-order chi connectivity index (χ0) is 13.8. The molecule has 3 rings (SSSR count). The van der Waals surface area contributed by atoms with Crippen molar-refractivity contribution in [3.05, 3.63) is 77.4 Å². The molecule has 20 heavy (non-hydrogen) atoms. The molecule has 2 aromatic rings. The van der Waals surface area contributed by atoms with Gasteiger partial charge in [-0.1, -0.05) is 79.2 Å². The van der Waals surface area contributed by atoms with Crippen LogP contribution in [0.25, 0.3) is 6.08 Å². The second-order valence-electron chi connectivity index (χ2n) is 5.69. The van der Waals surface area contributed by atoms with Crippen LogP contribution in [0.2, 0.25) is 0 Å². The lowest BCUT2D eigenvalue weighted by atomic mass is 10.0. The van der Waals surface area contributed by atoms with Crippen molar-refractivity contribution in [2.24, 2.45) is 5.92 Å². The van der Waals surface area contributed by atoms with E-state index in [0.29, 0.717) is 5.92 Å². The number of hydrogen-bond donors (Lipinski definition) is 0. The quantitative estimate of drug-likeness (QED) is 0.801. The van der Waals surface area contributed by atoms with Gasteiger partial charge in [0.05, 0.1) is 0 Å². The molecule has 0 spiro atoms. The first-order valence-corrected chi connectivity index (χ1v) is 7.33. The van der Waals surface area contributed by atoms with Crippen LogP contribution in [0.5, 0.6) is 0 Å². The molecular formula is C19H21N. The summed E-state index contributed by atoms with van der Waals surface area (Å²) in [5.74, 6) is 0.652. The van der Waals surface area contributed by atoms with Crippen LogP contribution in [-0.2, 0) is 6.54 Å². The molecule has 0 radical (unpaired) electrons. The van der Waals surface area contributed by atoms with Crippen molar-refractivity contribution in [3.63, 3.8) is 0 Å². The lowest BCUT2D eigenvalue weighted by molar-refractivity contribution is 0.322. The highest BCUT2D eigenvalue weighted by Crippen LogP contribution is 2.25. The minimum atomic E-state index is 0.652. The van der Waals surface area contributed by atoms with Gasteiger partial charge in [0.25, 0.3) is 0 Å². The van der Waals surface area contributed by atoms with Crippen LogP contribution in [0.4, 0.5) is 0 Å². The molecule has 1 saturated heterocycles. The molecule has 0 bridgehead atoms. The maximum atomic E-state index is 2.54. The Labute approximate surface area is 121 Å². The normalized spacial score (nSPS) is 21.4. The number of hydrogen-bond acceptors (Lipinski definition) is 1. The number of rotatable bonds is 3. The molecule has 0 saturated carbocycles. The van der Waals surface area contributed by atoms with Gasteiger partial charge < -0.3 is 0 Å². The highest BCUT2D eigenvalue weighted by atomic mass is 15.1. The monoisotopic (exact) mass is 263 g/mol. The lowest BCUT2D eigenvalue weighted by Crippen LogP contribution is -2.19. The third kappa shape index (κ3) is 3.17. The second kappa shape index (κ2) is 6.06. The van der Waals surface area contributed by atoms with Gasteiger partial charge in [-0.25, -0.2) is 0 Å². The minimum absolute atomic E-state index is 0.652. The third-order valence-electron chi connectivity index (χ3n) is 3.97. The van der Waals surface area contributed by atoms with Crippen LogP contribution >= 0.6 is 0 Å². The molecular weight excluding hydrogens is 242 g/mol. The van der Waals surface area contributed by atoms with Gasteiger partial charge >= 0.3 is 0 Å². The standard InChI is InChI=1S/C19H21N/c1-16-13-20(14-18-10-6-3-7-11-18)15-19(16)12-17-8-4-2-5-9-17/h2-12,16H,13-15H2,1H3/b19-12+. The maximum absolute atomic E-state index is 2.54. The fourth-order valence-corrected chi connectivity index (χ4v) is 2.90. The first-order chi connectivity index (χ1) is 9.81. The molecule has 1 unspecified atom stereocenters. The summed E-state index contributed by atoms with van der Waals surface area (Å²) >= 11 is 0. The van der Waals surface area contributed by atoms with E-state index in [4.69, 9.17) is 0 Å². The van der Waals surface area contributed by atoms with Crippen LogP contribution in [0.3, 0.4) is 0 Å². The summed E-state index contributed by atoms with van der Waals surface area (Å²) in [4.78, 5) is 2.54. The van der Waals surface area contributed by atoms with E-state index < -0.39 is 0 Å². The van der Waals surface area contributed by atoms with E-state index in [1.54, 1.807) is 5.57 Å². The molecule has 0 amide bonds. The molecule has 1 fully saturated rings. The molecule has 2 aromatic carbocycles. The third-order valence-corrected chi connectivity index (χ3v) is 3.97. The molecule has 102 valence electrons. The summed E-state index contributed by atoms with van der Waals surface area (Å²) in [5.41, 5.74) is 4.27. The summed E-state index contributed by atoms with van der Waals surface area (Å²) in [6, 6.07) is 21.4. The predicted octanol–water partition coefficient (Wildman–Crippen LogP) is 4.22. The molecule has 0 N–H and O–H groups in total. The Balaban J connectivity index is 1.69. The van der Waals surface area contributed by atoms with Crippen molar-refractivity contribution in [2.45, 2.75) is 13.5 Å². The average Bonchev–Trinajstić information content (AvgIpc) is 2.81. The Morgan fingerprint density at radius 3 is 2.35 bits per heavy atom. The highest BCUT2D eigenvalue weighted by Gasteiger charge is 2.23. The van der Waals surface area contributed by atoms with E-state index in [2.05, 4.69) is 78.6 Å². The van der Waals surface area contributed by atoms with Crippen molar-refractivity contribution in [2.75, 3.05) is 13.1 Å². The van der Waals surface area contributed by atoms with Gasteiger partial charge in [-0.05, 0) is 17.0 Å². The predicted molar refractivity (Wildman–Crippen MR) is 85.3 cm³/mol. The van der Waals surface area contributed by atoms with Gasteiger partial charge in [-0.15, -0.1) is 0 Å². The van der Waals surface area contributed by atoms with E-state index in [1.165, 1.54) is 11.1 Å². The lowest BCUT2D eigenvalue weighted by Gasteiger charge is -2.14. The first kappa shape index (κ1) is 13.1. The molecule has 1 aliphatic heterocycles. The van der Waals surface area contributed by atoms with Gasteiger partial charge in [0, 0.05) is 19.6 Å². The van der Waals surface area contributed by atoms with Crippen molar-refractivity contribution in [1.29, 1.82) is 0 Å². The van der Waals surface area contributed by atoms with Gasteiger partial charge in [0.15, 0.2) is 0 Å². The van der Waals surface area contributed by atoms with Gasteiger partial charge in [-0.3, -0.25) is 4.90 Å². The van der Waals surface area contributed by atoms with Crippen LogP contribution in [-0.4, -0.2) is 18.0 Å². The van der Waals surface area contributed by atoms with Gasteiger partial charge in [0.1, 0.15) is 0 Å². The van der Waals surface area contributed by atoms with E-state index in [-0.39, 0.29) is 0 Å². The van der Waals surface area contributed by atoms with E-state index in [1.807, 2.05) is 0 Å². The summed E-state index contributed by atoms with van der Waals surface area (Å²) in [6.45, 7) is 5.63. The Kier molecular flexibility index (Phi) is 3.98. The zero-order valence-corrected chi connectivity index (χ0v) is 12.0. The van der Waals surface area contributed by atoms with E-state index in [0.717, 1.165) is 19.6 Å². The molecule has 1 aliphatic rings. The van der Waals surface area contributed by atoms with Crippen molar-refractivity contribution >= 4 is 6.08 Å². The first-order valence-electron chi connectivity index (χ1n) is 7.33. The van der Waals surface area contributed by atoms with Crippen molar-refractivity contribution < 1.29 is 0 Å². The van der Waals surface area contributed by atoms with Crippen molar-refractivity contribution in [1.82, 2.24) is 4.90 Å². The molecule has 1 atom stereocenters. The van der Waals surface area contributed by atoms with Gasteiger partial charge in [-0.2, -0.15) is 0 Å². The van der Waals surface area contributed by atoms with Crippen molar-refractivity contribution in [3.8, 4) is 0 Å². The van der Waals surface area contributed by atoms with Crippen LogP contribution in [0, 0.1) is 5.92 Å². The topological polar surface area (TPSA) is 3.24 Å². The summed E-state index contributed by atoms with van der Waals surface area (Å²) < 4.78 is 0. The van der Waals surface area contributed by atoms with E-state index in [9.17, 15) is 0 Å². The molecule has 0 aromatic heterocycles. The van der Waals surface area contributed by atoms with Crippen LogP contribution in [0.1, 0.15) is 18.1 Å². The minimum Gasteiger partial charge on any atom is -0.295 e. The fraction of sp³-hybridized carbons (Fsp3) is 0.263. The molecule has 0 aliphatic carbocycles. The SMILES string of the molecule is CC1CN(Cc2ccccc2)C/C1=C\c1ccccc1. The summed E-state index contributed by atoms with van der Waals surface area (Å²) in [5, 5.41) is 0. The second-order valence-corrected chi connectivity index (χ2v) is 5.69. The van der Waals surface area contributed by atoms with Gasteiger partial charge in [0.2, 0.25) is 0 Å². The molecule has 1 heterocycles. The molecule has 1 heteroatoms. The van der Waals surface area contributed by atoms with Crippen LogP contribution in [0.15, 0.2) is 66.2 Å². The summed E-state index contributed by atoms with van der Waals surface area (Å²) in [6.07, 6.45) is 2.36. The highest BCUT2D eigenvalue weighted by molar-refractivity contribution is 5.54. The largest absolute Gasteiger partial charge is 0.295 e. The zero-order valence-electron chi connectivity index (χ0n) is 12.0.